The highest BCUT2D eigenvalue weighted by Crippen LogP contribution is 2.25. The summed E-state index contributed by atoms with van der Waals surface area (Å²) >= 11 is 0. The fraction of sp³-hybridized carbons (Fsp3) is 0.200. The minimum atomic E-state index is -0.0119. The molecule has 0 saturated carbocycles. The van der Waals surface area contributed by atoms with Gasteiger partial charge in [0.15, 0.2) is 0 Å². The molecule has 0 aliphatic rings. The molecule has 0 radical (unpaired) electrons. The van der Waals surface area contributed by atoms with E-state index < -0.39 is 0 Å². The van der Waals surface area contributed by atoms with E-state index in [-0.39, 0.29) is 5.91 Å². The molecule has 0 atom stereocenters. The van der Waals surface area contributed by atoms with Gasteiger partial charge in [-0.3, -0.25) is 4.79 Å². The smallest absolute Gasteiger partial charge is 0.224 e. The van der Waals surface area contributed by atoms with Crippen molar-refractivity contribution in [2.45, 2.75) is 19.4 Å². The minimum Gasteiger partial charge on any atom is -0.497 e. The van der Waals surface area contributed by atoms with E-state index in [4.69, 9.17) is 14.5 Å². The number of nitrogens with zero attached hydrogens (tertiary/aromatic N) is 2. The van der Waals surface area contributed by atoms with Crippen molar-refractivity contribution in [2.75, 3.05) is 20.3 Å². The van der Waals surface area contributed by atoms with Gasteiger partial charge in [-0.15, -0.1) is 0 Å². The SMILES string of the molecule is COc1ccc(CC(=O)NCCc2nc3ccccc3n2CCOc2cccc3ccccc23)cc1. The van der Waals surface area contributed by atoms with Crippen LogP contribution in [0.2, 0.25) is 0 Å². The maximum absolute atomic E-state index is 12.5. The number of para-hydroxylation sites is 2. The van der Waals surface area contributed by atoms with Crippen LogP contribution in [0.3, 0.4) is 0 Å². The summed E-state index contributed by atoms with van der Waals surface area (Å²) in [5.74, 6) is 2.58. The molecule has 0 aliphatic carbocycles. The topological polar surface area (TPSA) is 65.4 Å². The minimum absolute atomic E-state index is 0.0119. The van der Waals surface area contributed by atoms with Gasteiger partial charge in [0, 0.05) is 18.4 Å². The van der Waals surface area contributed by atoms with Crippen LogP contribution in [0.5, 0.6) is 11.5 Å². The number of ether oxygens (including phenoxy) is 2. The second-order valence-corrected chi connectivity index (χ2v) is 8.62. The summed E-state index contributed by atoms with van der Waals surface area (Å²) in [4.78, 5) is 17.3. The molecule has 0 fully saturated rings. The summed E-state index contributed by atoms with van der Waals surface area (Å²) < 4.78 is 13.6. The Labute approximate surface area is 210 Å². The van der Waals surface area contributed by atoms with Gasteiger partial charge < -0.3 is 19.4 Å². The first kappa shape index (κ1) is 23.4. The van der Waals surface area contributed by atoms with Crippen LogP contribution >= 0.6 is 0 Å². The third-order valence-electron chi connectivity index (χ3n) is 6.25. The second-order valence-electron chi connectivity index (χ2n) is 8.62. The summed E-state index contributed by atoms with van der Waals surface area (Å²) in [7, 11) is 1.63. The van der Waals surface area contributed by atoms with Crippen LogP contribution in [0.4, 0.5) is 0 Å². The van der Waals surface area contributed by atoms with E-state index in [0.29, 0.717) is 32.5 Å². The molecule has 36 heavy (non-hydrogen) atoms. The Bertz CT molecular complexity index is 1470. The zero-order valence-electron chi connectivity index (χ0n) is 20.3. The Kier molecular flexibility index (Phi) is 7.12. The summed E-state index contributed by atoms with van der Waals surface area (Å²) in [6, 6.07) is 30.0. The number of methoxy groups -OCH3 is 1. The molecule has 0 aliphatic heterocycles. The Morgan fingerprint density at radius 3 is 2.56 bits per heavy atom. The van der Waals surface area contributed by atoms with Crippen LogP contribution in [-0.2, 0) is 24.2 Å². The van der Waals surface area contributed by atoms with E-state index >= 15 is 0 Å². The lowest BCUT2D eigenvalue weighted by Gasteiger charge is -2.13. The van der Waals surface area contributed by atoms with E-state index in [1.807, 2.05) is 66.7 Å². The van der Waals surface area contributed by atoms with Crippen LogP contribution in [0, 0.1) is 0 Å². The quantitative estimate of drug-likeness (QED) is 0.300. The molecule has 0 spiro atoms. The Morgan fingerprint density at radius 2 is 1.69 bits per heavy atom. The Morgan fingerprint density at radius 1 is 0.917 bits per heavy atom. The van der Waals surface area contributed by atoms with Crippen molar-refractivity contribution >= 4 is 27.7 Å². The zero-order chi connectivity index (χ0) is 24.7. The van der Waals surface area contributed by atoms with E-state index in [0.717, 1.165) is 44.7 Å². The Balaban J connectivity index is 1.22. The maximum Gasteiger partial charge on any atom is 0.224 e. The molecular weight excluding hydrogens is 450 g/mol. The number of amides is 1. The predicted molar refractivity (Wildman–Crippen MR) is 143 cm³/mol. The summed E-state index contributed by atoms with van der Waals surface area (Å²) in [5, 5.41) is 5.30. The molecule has 1 heterocycles. The summed E-state index contributed by atoms with van der Waals surface area (Å²) in [5.41, 5.74) is 2.96. The molecule has 6 heteroatoms. The molecule has 6 nitrogen and oxygen atoms in total. The third kappa shape index (κ3) is 5.33. The van der Waals surface area contributed by atoms with Crippen LogP contribution in [-0.4, -0.2) is 35.7 Å². The molecule has 4 aromatic carbocycles. The van der Waals surface area contributed by atoms with Gasteiger partial charge in [-0.25, -0.2) is 4.98 Å². The maximum atomic E-state index is 12.5. The lowest BCUT2D eigenvalue weighted by atomic mass is 10.1. The van der Waals surface area contributed by atoms with Gasteiger partial charge in [0.2, 0.25) is 5.91 Å². The fourth-order valence-corrected chi connectivity index (χ4v) is 4.44. The first-order valence-corrected chi connectivity index (χ1v) is 12.2. The van der Waals surface area contributed by atoms with Crippen LogP contribution in [0.25, 0.3) is 21.8 Å². The number of rotatable bonds is 10. The predicted octanol–water partition coefficient (Wildman–Crippen LogP) is 5.18. The fourth-order valence-electron chi connectivity index (χ4n) is 4.44. The van der Waals surface area contributed by atoms with Gasteiger partial charge in [0.1, 0.15) is 23.9 Å². The lowest BCUT2D eigenvalue weighted by Crippen LogP contribution is -2.28. The van der Waals surface area contributed by atoms with Crippen LogP contribution < -0.4 is 14.8 Å². The first-order chi connectivity index (χ1) is 17.7. The van der Waals surface area contributed by atoms with Crippen molar-refractivity contribution in [2.24, 2.45) is 0 Å². The zero-order valence-corrected chi connectivity index (χ0v) is 20.3. The van der Waals surface area contributed by atoms with Crippen molar-refractivity contribution in [3.05, 3.63) is 102 Å². The largest absolute Gasteiger partial charge is 0.497 e. The average molecular weight is 480 g/mol. The number of carbonyl (C=O) groups excluding carboxylic acids is 1. The lowest BCUT2D eigenvalue weighted by molar-refractivity contribution is -0.120. The van der Waals surface area contributed by atoms with Crippen molar-refractivity contribution in [1.29, 1.82) is 0 Å². The van der Waals surface area contributed by atoms with Crippen LogP contribution in [0.15, 0.2) is 91.0 Å². The highest BCUT2D eigenvalue weighted by Gasteiger charge is 2.12. The molecule has 1 N–H and O–H groups in total. The van der Waals surface area contributed by atoms with Crippen molar-refractivity contribution in [3.8, 4) is 11.5 Å². The van der Waals surface area contributed by atoms with Gasteiger partial charge in [-0.1, -0.05) is 60.7 Å². The van der Waals surface area contributed by atoms with Gasteiger partial charge in [-0.05, 0) is 41.3 Å². The molecule has 0 bridgehead atoms. The van der Waals surface area contributed by atoms with Crippen LogP contribution in [0.1, 0.15) is 11.4 Å². The number of hydrogen-bond donors (Lipinski definition) is 1. The highest BCUT2D eigenvalue weighted by atomic mass is 16.5. The van der Waals surface area contributed by atoms with Crippen molar-refractivity contribution < 1.29 is 14.3 Å². The summed E-state index contributed by atoms with van der Waals surface area (Å²) in [6.45, 7) is 1.70. The van der Waals surface area contributed by atoms with Gasteiger partial charge in [-0.2, -0.15) is 0 Å². The van der Waals surface area contributed by atoms with Gasteiger partial charge in [0.05, 0.1) is 31.1 Å². The monoisotopic (exact) mass is 479 g/mol. The van der Waals surface area contributed by atoms with E-state index in [1.165, 1.54) is 0 Å². The molecule has 0 saturated heterocycles. The van der Waals surface area contributed by atoms with Crippen molar-refractivity contribution in [1.82, 2.24) is 14.9 Å². The molecular formula is C30H29N3O3. The summed E-state index contributed by atoms with van der Waals surface area (Å²) in [6.07, 6.45) is 0.969. The molecule has 0 unspecified atom stereocenters. The molecule has 1 aromatic heterocycles. The van der Waals surface area contributed by atoms with E-state index in [1.54, 1.807) is 7.11 Å². The number of benzene rings is 4. The van der Waals surface area contributed by atoms with Crippen molar-refractivity contribution in [3.63, 3.8) is 0 Å². The van der Waals surface area contributed by atoms with Gasteiger partial charge >= 0.3 is 0 Å². The molecule has 5 aromatic rings. The van der Waals surface area contributed by atoms with E-state index in [9.17, 15) is 4.79 Å². The van der Waals surface area contributed by atoms with Gasteiger partial charge in [0.25, 0.3) is 0 Å². The standard InChI is InChI=1S/C30H29N3O3/c1-35-24-15-13-22(14-16-24)21-30(34)31-18-17-29-32-26-10-4-5-11-27(26)33(29)19-20-36-28-12-6-8-23-7-2-3-9-25(23)28/h2-16H,17-21H2,1H3,(H,31,34). The highest BCUT2D eigenvalue weighted by molar-refractivity contribution is 5.88. The second kappa shape index (κ2) is 11.0. The molecule has 182 valence electrons. The number of carbonyl (C=O) groups is 1. The number of hydrogen-bond acceptors (Lipinski definition) is 4. The number of imidazole rings is 1. The molecule has 1 amide bonds. The third-order valence-corrected chi connectivity index (χ3v) is 6.25. The normalized spacial score (nSPS) is 11.0. The average Bonchev–Trinajstić information content (AvgIpc) is 3.26. The first-order valence-electron chi connectivity index (χ1n) is 12.2. The number of fused-ring (bicyclic) bond motifs is 2. The molecule has 5 rings (SSSR count). The number of nitrogens with one attached hydrogen (secondary N) is 1. The Hall–Kier alpha value is -4.32. The number of aromatic nitrogens is 2. The van der Waals surface area contributed by atoms with E-state index in [2.05, 4.69) is 34.1 Å².